The second-order valence-electron chi connectivity index (χ2n) is 7.35. The van der Waals surface area contributed by atoms with Crippen LogP contribution in [0.5, 0.6) is 0 Å². The molecule has 0 unspecified atom stereocenters. The van der Waals surface area contributed by atoms with Gasteiger partial charge in [0, 0.05) is 10.4 Å². The summed E-state index contributed by atoms with van der Waals surface area (Å²) in [6.45, 7) is 5.66. The molecule has 158 valence electrons. The van der Waals surface area contributed by atoms with Gasteiger partial charge in [0.1, 0.15) is 5.76 Å². The van der Waals surface area contributed by atoms with Crippen molar-refractivity contribution in [3.05, 3.63) is 85.3 Å². The summed E-state index contributed by atoms with van der Waals surface area (Å²) in [6.07, 6.45) is 0. The van der Waals surface area contributed by atoms with Crippen molar-refractivity contribution in [2.75, 3.05) is 4.90 Å². The molecule has 1 amide bonds. The van der Waals surface area contributed by atoms with Crippen molar-refractivity contribution in [3.63, 3.8) is 0 Å². The maximum Gasteiger partial charge on any atom is 0.301 e. The van der Waals surface area contributed by atoms with Gasteiger partial charge in [0.25, 0.3) is 5.78 Å². The van der Waals surface area contributed by atoms with Gasteiger partial charge in [-0.05, 0) is 38.5 Å². The van der Waals surface area contributed by atoms with E-state index in [-0.39, 0.29) is 16.4 Å². The molecule has 1 N–H and O–H groups in total. The smallest absolute Gasteiger partial charge is 0.301 e. The number of aromatic nitrogens is 1. The number of Topliss-reactive ketones (excluding diaryl/α,β-unsaturated/α-hetero) is 1. The monoisotopic (exact) mass is 472 g/mol. The lowest BCUT2D eigenvalue weighted by Gasteiger charge is -2.23. The van der Waals surface area contributed by atoms with Crippen LogP contribution < -0.4 is 4.90 Å². The number of halogens is 2. The van der Waals surface area contributed by atoms with E-state index in [0.717, 1.165) is 16.1 Å². The summed E-state index contributed by atoms with van der Waals surface area (Å²) in [7, 11) is 0. The van der Waals surface area contributed by atoms with Gasteiger partial charge < -0.3 is 5.11 Å². The molecule has 3 aromatic rings. The van der Waals surface area contributed by atoms with Crippen LogP contribution in [0.3, 0.4) is 0 Å². The zero-order valence-electron chi connectivity index (χ0n) is 16.9. The fourth-order valence-electron chi connectivity index (χ4n) is 3.45. The molecule has 0 radical (unpaired) electrons. The zero-order valence-corrected chi connectivity index (χ0v) is 19.3. The molecule has 5 nitrogen and oxygen atoms in total. The third-order valence-electron chi connectivity index (χ3n) is 5.25. The average Bonchev–Trinajstić information content (AvgIpc) is 3.20. The van der Waals surface area contributed by atoms with Crippen molar-refractivity contribution < 1.29 is 14.7 Å². The molecule has 1 fully saturated rings. The van der Waals surface area contributed by atoms with Crippen LogP contribution >= 0.6 is 34.5 Å². The maximum atomic E-state index is 13.1. The van der Waals surface area contributed by atoms with Gasteiger partial charge in [0.2, 0.25) is 0 Å². The summed E-state index contributed by atoms with van der Waals surface area (Å²) >= 11 is 13.6. The van der Waals surface area contributed by atoms with Crippen molar-refractivity contribution in [2.45, 2.75) is 26.8 Å². The van der Waals surface area contributed by atoms with E-state index in [0.29, 0.717) is 21.3 Å². The number of hydrogen-bond donors (Lipinski definition) is 1. The van der Waals surface area contributed by atoms with Crippen molar-refractivity contribution in [1.82, 2.24) is 4.98 Å². The van der Waals surface area contributed by atoms with Crippen LogP contribution in [0.15, 0.2) is 48.0 Å². The standard InChI is InChI=1S/C23H18Cl2N2O3S/c1-11-4-6-14(7-5-11)20(28)18-19(15-8-9-16(24)17(25)10-15)27(22(30)21(18)29)23-26-12(2)13(3)31-23/h4-10,19,28H,1-3H3/t19-/m1/s1. The average molecular weight is 473 g/mol. The summed E-state index contributed by atoms with van der Waals surface area (Å²) in [5, 5.41) is 12.1. The van der Waals surface area contributed by atoms with Gasteiger partial charge in [-0.1, -0.05) is 59.1 Å². The van der Waals surface area contributed by atoms with E-state index in [1.165, 1.54) is 16.2 Å². The Kier molecular flexibility index (Phi) is 5.64. The molecule has 31 heavy (non-hydrogen) atoms. The van der Waals surface area contributed by atoms with Crippen molar-refractivity contribution in [2.24, 2.45) is 0 Å². The van der Waals surface area contributed by atoms with Gasteiger partial charge in [-0.25, -0.2) is 4.98 Å². The van der Waals surface area contributed by atoms with Gasteiger partial charge in [-0.2, -0.15) is 0 Å². The third kappa shape index (κ3) is 3.76. The molecule has 0 bridgehead atoms. The van der Waals surface area contributed by atoms with Gasteiger partial charge in [0.05, 0.1) is 27.4 Å². The first-order valence-corrected chi connectivity index (χ1v) is 11.0. The summed E-state index contributed by atoms with van der Waals surface area (Å²) in [6, 6.07) is 11.1. The minimum atomic E-state index is -0.888. The number of benzene rings is 2. The molecule has 2 heterocycles. The van der Waals surface area contributed by atoms with Crippen LogP contribution in [-0.4, -0.2) is 21.8 Å². The van der Waals surface area contributed by atoms with E-state index in [9.17, 15) is 14.7 Å². The topological polar surface area (TPSA) is 70.5 Å². The Morgan fingerprint density at radius 1 is 1.03 bits per heavy atom. The molecule has 1 aromatic heterocycles. The Balaban J connectivity index is 1.97. The number of rotatable bonds is 3. The number of carbonyl (C=O) groups is 2. The minimum absolute atomic E-state index is 0.0160. The van der Waals surface area contributed by atoms with Crippen LogP contribution in [0.25, 0.3) is 5.76 Å². The normalized spacial score (nSPS) is 18.1. The Bertz CT molecular complexity index is 1230. The quantitative estimate of drug-likeness (QED) is 0.288. The van der Waals surface area contributed by atoms with E-state index in [2.05, 4.69) is 4.98 Å². The van der Waals surface area contributed by atoms with Gasteiger partial charge >= 0.3 is 5.91 Å². The predicted molar refractivity (Wildman–Crippen MR) is 124 cm³/mol. The highest BCUT2D eigenvalue weighted by atomic mass is 35.5. The van der Waals surface area contributed by atoms with Crippen LogP contribution in [0.4, 0.5) is 5.13 Å². The molecule has 2 aromatic carbocycles. The first kappa shape index (κ1) is 21.6. The molecule has 0 spiro atoms. The number of anilines is 1. The third-order valence-corrected chi connectivity index (χ3v) is 7.06. The fraction of sp³-hybridized carbons (Fsp3) is 0.174. The first-order valence-electron chi connectivity index (χ1n) is 9.46. The Morgan fingerprint density at radius 2 is 1.71 bits per heavy atom. The number of nitrogens with zero attached hydrogens (tertiary/aromatic N) is 2. The molecule has 1 atom stereocenters. The Morgan fingerprint density at radius 3 is 2.29 bits per heavy atom. The van der Waals surface area contributed by atoms with E-state index >= 15 is 0 Å². The lowest BCUT2D eigenvalue weighted by molar-refractivity contribution is -0.132. The van der Waals surface area contributed by atoms with E-state index in [1.807, 2.05) is 32.9 Å². The molecule has 0 aliphatic carbocycles. The highest BCUT2D eigenvalue weighted by Gasteiger charge is 2.48. The SMILES string of the molecule is Cc1ccc(C(O)=C2C(=O)C(=O)N(c3nc(C)c(C)s3)[C@@H]2c2ccc(Cl)c(Cl)c2)cc1. The summed E-state index contributed by atoms with van der Waals surface area (Å²) in [5.74, 6) is -1.78. The molecular weight excluding hydrogens is 455 g/mol. The van der Waals surface area contributed by atoms with Crippen molar-refractivity contribution in [3.8, 4) is 0 Å². The van der Waals surface area contributed by atoms with E-state index in [1.54, 1.807) is 30.3 Å². The summed E-state index contributed by atoms with van der Waals surface area (Å²) in [5.41, 5.74) is 2.76. The largest absolute Gasteiger partial charge is 0.507 e. The van der Waals surface area contributed by atoms with Crippen LogP contribution in [0.2, 0.25) is 10.0 Å². The molecule has 1 aliphatic heterocycles. The maximum absolute atomic E-state index is 13.1. The van der Waals surface area contributed by atoms with E-state index < -0.39 is 17.7 Å². The fourth-order valence-corrected chi connectivity index (χ4v) is 4.70. The second-order valence-corrected chi connectivity index (χ2v) is 9.34. The molecule has 8 heteroatoms. The lowest BCUT2D eigenvalue weighted by Crippen LogP contribution is -2.29. The molecule has 1 aliphatic rings. The number of carbonyl (C=O) groups excluding carboxylic acids is 2. The van der Waals surface area contributed by atoms with Gasteiger partial charge in [0.15, 0.2) is 5.13 Å². The number of ketones is 1. The Labute approximate surface area is 193 Å². The van der Waals surface area contributed by atoms with Crippen LogP contribution in [0.1, 0.15) is 33.3 Å². The number of amides is 1. The predicted octanol–water partition coefficient (Wildman–Crippen LogP) is 6.00. The number of aryl methyl sites for hydroxylation is 3. The number of thiazole rings is 1. The van der Waals surface area contributed by atoms with Crippen molar-refractivity contribution in [1.29, 1.82) is 0 Å². The van der Waals surface area contributed by atoms with Gasteiger partial charge in [-0.15, -0.1) is 11.3 Å². The molecule has 0 saturated carbocycles. The molecule has 4 rings (SSSR count). The van der Waals surface area contributed by atoms with Gasteiger partial charge in [-0.3, -0.25) is 14.5 Å². The van der Waals surface area contributed by atoms with Crippen LogP contribution in [0, 0.1) is 20.8 Å². The number of aliphatic hydroxyl groups excluding tert-OH is 1. The summed E-state index contributed by atoms with van der Waals surface area (Å²) in [4.78, 5) is 32.9. The molecular formula is C23H18Cl2N2O3S. The highest BCUT2D eigenvalue weighted by Crippen LogP contribution is 2.44. The molecule has 1 saturated heterocycles. The number of aliphatic hydroxyl groups is 1. The van der Waals surface area contributed by atoms with E-state index in [4.69, 9.17) is 23.2 Å². The first-order chi connectivity index (χ1) is 14.7. The Hall–Kier alpha value is -2.67. The number of hydrogen-bond acceptors (Lipinski definition) is 5. The zero-order chi connectivity index (χ0) is 22.4. The minimum Gasteiger partial charge on any atom is -0.507 e. The van der Waals surface area contributed by atoms with Crippen molar-refractivity contribution >= 4 is 57.1 Å². The second kappa shape index (κ2) is 8.11. The highest BCUT2D eigenvalue weighted by molar-refractivity contribution is 7.16. The van der Waals surface area contributed by atoms with Crippen LogP contribution in [-0.2, 0) is 9.59 Å². The summed E-state index contributed by atoms with van der Waals surface area (Å²) < 4.78 is 0. The lowest BCUT2D eigenvalue weighted by atomic mass is 9.95.